The quantitative estimate of drug-likeness (QED) is 0.546. The number of methoxy groups -OCH3 is 1. The average molecular weight is 226 g/mol. The number of hydrogen-bond donors (Lipinski definition) is 0. The van der Waals surface area contributed by atoms with Crippen LogP contribution in [0.1, 0.15) is 39.5 Å². The maximum absolute atomic E-state index is 11.4. The van der Waals surface area contributed by atoms with Gasteiger partial charge in [0.25, 0.3) is 0 Å². The lowest BCUT2D eigenvalue weighted by atomic mass is 9.84. The minimum absolute atomic E-state index is 0.0120. The molecule has 1 saturated carbocycles. The van der Waals surface area contributed by atoms with Crippen LogP contribution in [0.15, 0.2) is 12.2 Å². The van der Waals surface area contributed by atoms with Gasteiger partial charge in [0, 0.05) is 12.7 Å². The van der Waals surface area contributed by atoms with E-state index in [1.807, 2.05) is 6.92 Å². The van der Waals surface area contributed by atoms with Crippen molar-refractivity contribution in [2.75, 3.05) is 7.11 Å². The van der Waals surface area contributed by atoms with Gasteiger partial charge < -0.3 is 9.47 Å². The molecule has 0 saturated heterocycles. The highest BCUT2D eigenvalue weighted by Gasteiger charge is 2.27. The second-order valence-corrected chi connectivity index (χ2v) is 4.66. The molecule has 1 fully saturated rings. The molecule has 1 unspecified atom stereocenters. The Bertz CT molecular complexity index is 252. The van der Waals surface area contributed by atoms with E-state index in [1.165, 1.54) is 0 Å². The van der Waals surface area contributed by atoms with Crippen LogP contribution in [0.2, 0.25) is 0 Å². The van der Waals surface area contributed by atoms with E-state index in [9.17, 15) is 4.79 Å². The van der Waals surface area contributed by atoms with Gasteiger partial charge in [-0.2, -0.15) is 0 Å². The summed E-state index contributed by atoms with van der Waals surface area (Å²) in [6.07, 6.45) is 4.65. The van der Waals surface area contributed by atoms with Gasteiger partial charge in [-0.25, -0.2) is 4.79 Å². The molecule has 0 aromatic rings. The van der Waals surface area contributed by atoms with E-state index in [-0.39, 0.29) is 12.1 Å². The van der Waals surface area contributed by atoms with Crippen molar-refractivity contribution in [2.24, 2.45) is 5.92 Å². The first-order valence-corrected chi connectivity index (χ1v) is 5.94. The zero-order valence-corrected chi connectivity index (χ0v) is 10.5. The van der Waals surface area contributed by atoms with E-state index >= 15 is 0 Å². The Balaban J connectivity index is 2.35. The third-order valence-electron chi connectivity index (χ3n) is 3.36. The van der Waals surface area contributed by atoms with Gasteiger partial charge in [0.2, 0.25) is 0 Å². The predicted molar refractivity (Wildman–Crippen MR) is 63.1 cm³/mol. The van der Waals surface area contributed by atoms with E-state index in [4.69, 9.17) is 9.47 Å². The number of ether oxygens (including phenoxy) is 2. The molecule has 0 bridgehead atoms. The molecule has 0 aliphatic heterocycles. The van der Waals surface area contributed by atoms with Gasteiger partial charge in [-0.1, -0.05) is 6.58 Å². The molecular formula is C13H22O3. The standard InChI is InChI=1S/C13H22O3/c1-9(2)13(14)16-10(3)11-5-7-12(15-4)8-6-11/h10-12H,1,5-8H2,2-4H3. The lowest BCUT2D eigenvalue weighted by Crippen LogP contribution is -2.30. The molecule has 0 N–H and O–H groups in total. The Morgan fingerprint density at radius 2 is 1.88 bits per heavy atom. The third kappa shape index (κ3) is 3.63. The number of carbonyl (C=O) groups excluding carboxylic acids is 1. The van der Waals surface area contributed by atoms with Gasteiger partial charge in [-0.15, -0.1) is 0 Å². The van der Waals surface area contributed by atoms with Crippen molar-refractivity contribution in [3.05, 3.63) is 12.2 Å². The van der Waals surface area contributed by atoms with Gasteiger partial charge in [0.1, 0.15) is 6.10 Å². The maximum Gasteiger partial charge on any atom is 0.333 e. The molecule has 0 aromatic carbocycles. The minimum Gasteiger partial charge on any atom is -0.459 e. The summed E-state index contributed by atoms with van der Waals surface area (Å²) in [7, 11) is 1.76. The molecule has 0 heterocycles. The topological polar surface area (TPSA) is 35.5 Å². The summed E-state index contributed by atoms with van der Waals surface area (Å²) in [5, 5.41) is 0. The molecule has 0 aromatic heterocycles. The number of esters is 1. The molecule has 1 rings (SSSR count). The Kier molecular flexibility index (Phi) is 5.00. The van der Waals surface area contributed by atoms with Crippen molar-refractivity contribution >= 4 is 5.97 Å². The highest BCUT2D eigenvalue weighted by atomic mass is 16.5. The van der Waals surface area contributed by atoms with Gasteiger partial charge in [-0.05, 0) is 45.4 Å². The van der Waals surface area contributed by atoms with Crippen LogP contribution < -0.4 is 0 Å². The average Bonchev–Trinajstić information content (AvgIpc) is 2.28. The molecular weight excluding hydrogens is 204 g/mol. The molecule has 16 heavy (non-hydrogen) atoms. The molecule has 1 aliphatic rings. The zero-order valence-electron chi connectivity index (χ0n) is 10.5. The van der Waals surface area contributed by atoms with Crippen molar-refractivity contribution in [3.8, 4) is 0 Å². The van der Waals surface area contributed by atoms with Crippen molar-refractivity contribution in [3.63, 3.8) is 0 Å². The molecule has 3 nitrogen and oxygen atoms in total. The smallest absolute Gasteiger partial charge is 0.333 e. The second-order valence-electron chi connectivity index (χ2n) is 4.66. The van der Waals surface area contributed by atoms with Gasteiger partial charge in [0.05, 0.1) is 6.10 Å². The predicted octanol–water partition coefficient (Wildman–Crippen LogP) is 2.70. The van der Waals surface area contributed by atoms with Crippen molar-refractivity contribution in [1.82, 2.24) is 0 Å². The van der Waals surface area contributed by atoms with Crippen LogP contribution in [0.25, 0.3) is 0 Å². The van der Waals surface area contributed by atoms with Crippen LogP contribution >= 0.6 is 0 Å². The van der Waals surface area contributed by atoms with Crippen LogP contribution in [0, 0.1) is 5.92 Å². The number of carbonyl (C=O) groups is 1. The second kappa shape index (κ2) is 6.04. The van der Waals surface area contributed by atoms with Crippen LogP contribution in [0.4, 0.5) is 0 Å². The van der Waals surface area contributed by atoms with Gasteiger partial charge in [0.15, 0.2) is 0 Å². The molecule has 1 atom stereocenters. The fourth-order valence-electron chi connectivity index (χ4n) is 2.16. The molecule has 92 valence electrons. The van der Waals surface area contributed by atoms with Gasteiger partial charge >= 0.3 is 5.97 Å². The van der Waals surface area contributed by atoms with Crippen molar-refractivity contribution < 1.29 is 14.3 Å². The SMILES string of the molecule is C=C(C)C(=O)OC(C)C1CCC(OC)CC1. The van der Waals surface area contributed by atoms with Crippen molar-refractivity contribution in [2.45, 2.75) is 51.7 Å². The van der Waals surface area contributed by atoms with E-state index in [1.54, 1.807) is 14.0 Å². The summed E-state index contributed by atoms with van der Waals surface area (Å²) in [5.41, 5.74) is 0.470. The van der Waals surface area contributed by atoms with Crippen LogP contribution in [-0.4, -0.2) is 25.3 Å². The summed E-state index contributed by atoms with van der Waals surface area (Å²) in [5.74, 6) is 0.191. The molecule has 0 spiro atoms. The summed E-state index contributed by atoms with van der Waals surface area (Å²) >= 11 is 0. The highest BCUT2D eigenvalue weighted by Crippen LogP contribution is 2.29. The Morgan fingerprint density at radius 3 is 2.31 bits per heavy atom. The van der Waals surface area contributed by atoms with E-state index in [0.717, 1.165) is 25.7 Å². The van der Waals surface area contributed by atoms with Crippen LogP contribution in [-0.2, 0) is 14.3 Å². The summed E-state index contributed by atoms with van der Waals surface area (Å²) in [6.45, 7) is 7.23. The number of rotatable bonds is 4. The number of hydrogen-bond acceptors (Lipinski definition) is 3. The summed E-state index contributed by atoms with van der Waals surface area (Å²) in [4.78, 5) is 11.4. The molecule has 0 radical (unpaired) electrons. The minimum atomic E-state index is -0.277. The van der Waals surface area contributed by atoms with Gasteiger partial charge in [-0.3, -0.25) is 0 Å². The first-order chi connectivity index (χ1) is 7.54. The van der Waals surface area contributed by atoms with Crippen molar-refractivity contribution in [1.29, 1.82) is 0 Å². The lowest BCUT2D eigenvalue weighted by Gasteiger charge is -2.31. The van der Waals surface area contributed by atoms with Crippen LogP contribution in [0.3, 0.4) is 0 Å². The van der Waals surface area contributed by atoms with Crippen LogP contribution in [0.5, 0.6) is 0 Å². The Labute approximate surface area is 97.8 Å². The highest BCUT2D eigenvalue weighted by molar-refractivity contribution is 5.87. The lowest BCUT2D eigenvalue weighted by molar-refractivity contribution is -0.146. The van der Waals surface area contributed by atoms with E-state index in [2.05, 4.69) is 6.58 Å². The summed E-state index contributed by atoms with van der Waals surface area (Å²) in [6, 6.07) is 0. The monoisotopic (exact) mass is 226 g/mol. The maximum atomic E-state index is 11.4. The zero-order chi connectivity index (χ0) is 12.1. The first-order valence-electron chi connectivity index (χ1n) is 5.94. The Morgan fingerprint density at radius 1 is 1.31 bits per heavy atom. The third-order valence-corrected chi connectivity index (χ3v) is 3.36. The molecule has 0 amide bonds. The molecule has 3 heteroatoms. The fraction of sp³-hybridized carbons (Fsp3) is 0.769. The largest absolute Gasteiger partial charge is 0.459 e. The van der Waals surface area contributed by atoms with E-state index < -0.39 is 0 Å². The van der Waals surface area contributed by atoms with E-state index in [0.29, 0.717) is 17.6 Å². The Hall–Kier alpha value is -0.830. The first kappa shape index (κ1) is 13.2. The fourth-order valence-corrected chi connectivity index (χ4v) is 2.16. The molecule has 1 aliphatic carbocycles. The normalized spacial score (nSPS) is 27.2. The summed E-state index contributed by atoms with van der Waals surface area (Å²) < 4.78 is 10.7.